The molecule has 3 aromatic carbocycles. The van der Waals surface area contributed by atoms with Crippen LogP contribution in [0.15, 0.2) is 88.7 Å². The summed E-state index contributed by atoms with van der Waals surface area (Å²) in [6.07, 6.45) is 0. The Labute approximate surface area is 167 Å². The largest absolute Gasteiger partial charge is 0.325 e. The molecular weight excluding hydrogens is 399 g/mol. The number of hydrogen-bond acceptors (Lipinski definition) is 4. The zero-order valence-corrected chi connectivity index (χ0v) is 16.3. The Hall–Kier alpha value is -2.84. The van der Waals surface area contributed by atoms with Crippen molar-refractivity contribution in [3.63, 3.8) is 0 Å². The van der Waals surface area contributed by atoms with E-state index >= 15 is 0 Å². The molecule has 28 heavy (non-hydrogen) atoms. The number of halogens is 1. The van der Waals surface area contributed by atoms with Gasteiger partial charge in [-0.15, -0.1) is 11.8 Å². The van der Waals surface area contributed by atoms with Crippen LogP contribution in [0.1, 0.15) is 0 Å². The van der Waals surface area contributed by atoms with Gasteiger partial charge >= 0.3 is 0 Å². The first-order chi connectivity index (χ1) is 13.4. The van der Waals surface area contributed by atoms with E-state index in [0.29, 0.717) is 11.4 Å². The monoisotopic (exact) mass is 416 g/mol. The molecule has 3 aromatic rings. The average molecular weight is 416 g/mol. The maximum Gasteiger partial charge on any atom is 0.261 e. The Morgan fingerprint density at radius 1 is 0.857 bits per heavy atom. The van der Waals surface area contributed by atoms with Crippen molar-refractivity contribution in [2.45, 2.75) is 9.79 Å². The van der Waals surface area contributed by atoms with Crippen molar-refractivity contribution in [3.8, 4) is 0 Å². The van der Waals surface area contributed by atoms with E-state index in [1.54, 1.807) is 42.5 Å². The van der Waals surface area contributed by atoms with Gasteiger partial charge in [-0.05, 0) is 60.7 Å². The number of amides is 1. The molecule has 0 saturated carbocycles. The highest BCUT2D eigenvalue weighted by atomic mass is 32.2. The van der Waals surface area contributed by atoms with Crippen LogP contribution < -0.4 is 10.0 Å². The van der Waals surface area contributed by atoms with Gasteiger partial charge in [-0.3, -0.25) is 9.52 Å². The van der Waals surface area contributed by atoms with E-state index in [2.05, 4.69) is 10.0 Å². The molecule has 0 saturated heterocycles. The highest BCUT2D eigenvalue weighted by molar-refractivity contribution is 8.00. The Morgan fingerprint density at radius 3 is 2.11 bits per heavy atom. The zero-order chi connectivity index (χ0) is 20.0. The van der Waals surface area contributed by atoms with Crippen molar-refractivity contribution in [1.82, 2.24) is 0 Å². The van der Waals surface area contributed by atoms with Gasteiger partial charge in [-0.2, -0.15) is 0 Å². The minimum atomic E-state index is -3.64. The summed E-state index contributed by atoms with van der Waals surface area (Å²) in [5, 5.41) is 2.68. The standard InChI is InChI=1S/C20H17FN2O3S2/c21-15-6-8-16(9-7-15)22-20(24)14-27-18-12-10-17(11-13-18)23-28(25,26)19-4-2-1-3-5-19/h1-13,23H,14H2,(H,22,24). The lowest BCUT2D eigenvalue weighted by molar-refractivity contribution is -0.113. The summed E-state index contributed by atoms with van der Waals surface area (Å²) in [4.78, 5) is 13.0. The van der Waals surface area contributed by atoms with Crippen molar-refractivity contribution in [2.75, 3.05) is 15.8 Å². The molecule has 1 amide bonds. The van der Waals surface area contributed by atoms with Gasteiger partial charge in [0.15, 0.2) is 0 Å². The minimum Gasteiger partial charge on any atom is -0.325 e. The highest BCUT2D eigenvalue weighted by Gasteiger charge is 2.13. The van der Waals surface area contributed by atoms with Gasteiger partial charge in [0.1, 0.15) is 5.82 Å². The van der Waals surface area contributed by atoms with Crippen molar-refractivity contribution >= 4 is 39.1 Å². The van der Waals surface area contributed by atoms with E-state index in [9.17, 15) is 17.6 Å². The molecule has 0 fully saturated rings. The molecule has 5 nitrogen and oxygen atoms in total. The molecule has 0 spiro atoms. The van der Waals surface area contributed by atoms with E-state index in [0.717, 1.165) is 4.90 Å². The molecule has 0 aromatic heterocycles. The first kappa shape index (κ1) is 19.9. The van der Waals surface area contributed by atoms with Crippen molar-refractivity contribution in [2.24, 2.45) is 0 Å². The SMILES string of the molecule is O=C(CSc1ccc(NS(=O)(=O)c2ccccc2)cc1)Nc1ccc(F)cc1. The van der Waals surface area contributed by atoms with E-state index < -0.39 is 10.0 Å². The molecule has 0 atom stereocenters. The topological polar surface area (TPSA) is 75.3 Å². The molecule has 0 radical (unpaired) electrons. The minimum absolute atomic E-state index is 0.173. The first-order valence-electron chi connectivity index (χ1n) is 8.28. The summed E-state index contributed by atoms with van der Waals surface area (Å²) in [5.41, 5.74) is 0.960. The van der Waals surface area contributed by atoms with E-state index in [1.165, 1.54) is 48.2 Å². The summed E-state index contributed by atoms with van der Waals surface area (Å²) in [6, 6.07) is 20.4. The van der Waals surface area contributed by atoms with Gasteiger partial charge in [0.2, 0.25) is 5.91 Å². The summed E-state index contributed by atoms with van der Waals surface area (Å²) < 4.78 is 40.0. The molecule has 0 heterocycles. The summed E-state index contributed by atoms with van der Waals surface area (Å²) >= 11 is 1.31. The number of carbonyl (C=O) groups is 1. The number of thioether (sulfide) groups is 1. The van der Waals surface area contributed by atoms with Crippen LogP contribution in [0.25, 0.3) is 0 Å². The van der Waals surface area contributed by atoms with E-state index in [4.69, 9.17) is 0 Å². The van der Waals surface area contributed by atoms with E-state index in [1.807, 2.05) is 0 Å². The normalized spacial score (nSPS) is 11.0. The van der Waals surface area contributed by atoms with Crippen LogP contribution in [0.3, 0.4) is 0 Å². The maximum atomic E-state index is 12.9. The van der Waals surface area contributed by atoms with Gasteiger partial charge in [-0.1, -0.05) is 18.2 Å². The number of carbonyl (C=O) groups excluding carboxylic acids is 1. The molecule has 3 rings (SSSR count). The molecule has 0 aliphatic heterocycles. The van der Waals surface area contributed by atoms with Gasteiger partial charge in [0, 0.05) is 16.3 Å². The second-order valence-corrected chi connectivity index (χ2v) is 8.52. The predicted octanol–water partition coefficient (Wildman–Crippen LogP) is 4.36. The summed E-state index contributed by atoms with van der Waals surface area (Å²) in [7, 11) is -3.64. The highest BCUT2D eigenvalue weighted by Crippen LogP contribution is 2.22. The van der Waals surface area contributed by atoms with Gasteiger partial charge < -0.3 is 5.32 Å². The molecule has 0 aliphatic rings. The lowest BCUT2D eigenvalue weighted by Crippen LogP contribution is -2.14. The van der Waals surface area contributed by atoms with Gasteiger partial charge in [-0.25, -0.2) is 12.8 Å². The van der Waals surface area contributed by atoms with Crippen molar-refractivity contribution < 1.29 is 17.6 Å². The number of anilines is 2. The number of nitrogens with one attached hydrogen (secondary N) is 2. The Morgan fingerprint density at radius 2 is 1.46 bits per heavy atom. The lowest BCUT2D eigenvalue weighted by Gasteiger charge is -2.09. The number of sulfonamides is 1. The van der Waals surface area contributed by atoms with E-state index in [-0.39, 0.29) is 22.4 Å². The van der Waals surface area contributed by atoms with Gasteiger partial charge in [0.05, 0.1) is 10.6 Å². The second-order valence-electron chi connectivity index (χ2n) is 5.79. The summed E-state index contributed by atoms with van der Waals surface area (Å²) in [5.74, 6) is -0.409. The van der Waals surface area contributed by atoms with Crippen LogP contribution in [-0.4, -0.2) is 20.1 Å². The molecule has 0 aliphatic carbocycles. The van der Waals surface area contributed by atoms with Crippen LogP contribution in [0, 0.1) is 5.82 Å². The lowest BCUT2D eigenvalue weighted by atomic mass is 10.3. The Balaban J connectivity index is 1.54. The molecule has 0 bridgehead atoms. The molecule has 8 heteroatoms. The van der Waals surface area contributed by atoms with Crippen LogP contribution in [-0.2, 0) is 14.8 Å². The predicted molar refractivity (Wildman–Crippen MR) is 109 cm³/mol. The van der Waals surface area contributed by atoms with Crippen LogP contribution in [0.5, 0.6) is 0 Å². The van der Waals surface area contributed by atoms with Crippen LogP contribution in [0.4, 0.5) is 15.8 Å². The number of rotatable bonds is 7. The Bertz CT molecular complexity index is 1040. The number of benzene rings is 3. The third-order valence-electron chi connectivity index (χ3n) is 3.66. The third kappa shape index (κ3) is 5.58. The molecular formula is C20H17FN2O3S2. The molecule has 144 valence electrons. The Kier molecular flexibility index (Phi) is 6.33. The fourth-order valence-corrected chi connectivity index (χ4v) is 4.09. The van der Waals surface area contributed by atoms with Crippen LogP contribution >= 0.6 is 11.8 Å². The fraction of sp³-hybridized carbons (Fsp3) is 0.0500. The van der Waals surface area contributed by atoms with Crippen molar-refractivity contribution in [3.05, 3.63) is 84.7 Å². The second kappa shape index (κ2) is 8.90. The fourth-order valence-electron chi connectivity index (χ4n) is 2.31. The summed E-state index contributed by atoms with van der Waals surface area (Å²) in [6.45, 7) is 0. The van der Waals surface area contributed by atoms with Crippen molar-refractivity contribution in [1.29, 1.82) is 0 Å². The van der Waals surface area contributed by atoms with Crippen LogP contribution in [0.2, 0.25) is 0 Å². The number of hydrogen-bond donors (Lipinski definition) is 2. The first-order valence-corrected chi connectivity index (χ1v) is 10.8. The zero-order valence-electron chi connectivity index (χ0n) is 14.6. The quantitative estimate of drug-likeness (QED) is 0.561. The average Bonchev–Trinajstić information content (AvgIpc) is 2.70. The smallest absolute Gasteiger partial charge is 0.261 e. The molecule has 2 N–H and O–H groups in total. The molecule has 0 unspecified atom stereocenters. The maximum absolute atomic E-state index is 12.9. The third-order valence-corrected chi connectivity index (χ3v) is 6.07. The van der Waals surface area contributed by atoms with Gasteiger partial charge in [0.25, 0.3) is 10.0 Å².